The van der Waals surface area contributed by atoms with Crippen molar-refractivity contribution in [3.05, 3.63) is 30.5 Å². The van der Waals surface area contributed by atoms with Gasteiger partial charge in [-0.1, -0.05) is 18.2 Å². The molecule has 0 bridgehead atoms. The van der Waals surface area contributed by atoms with Crippen LogP contribution in [0.1, 0.15) is 6.42 Å². The number of anilines is 1. The van der Waals surface area contributed by atoms with E-state index >= 15 is 0 Å². The smallest absolute Gasteiger partial charge is 0.304 e. The number of rotatable bonds is 4. The fourth-order valence-electron chi connectivity index (χ4n) is 2.54. The molecule has 3 rings (SSSR count). The van der Waals surface area contributed by atoms with Gasteiger partial charge in [-0.3, -0.25) is 9.69 Å². The predicted molar refractivity (Wildman–Crippen MR) is 80.4 cm³/mol. The third-order valence-corrected chi connectivity index (χ3v) is 3.77. The van der Waals surface area contributed by atoms with Crippen molar-refractivity contribution in [2.75, 3.05) is 37.6 Å². The minimum atomic E-state index is -0.740. The summed E-state index contributed by atoms with van der Waals surface area (Å²) in [7, 11) is 0. The van der Waals surface area contributed by atoms with Gasteiger partial charge in [0.15, 0.2) is 0 Å². The van der Waals surface area contributed by atoms with Crippen LogP contribution in [0.2, 0.25) is 0 Å². The molecule has 1 N–H and O–H groups in total. The maximum Gasteiger partial charge on any atom is 0.304 e. The van der Waals surface area contributed by atoms with Crippen molar-refractivity contribution in [2.24, 2.45) is 0 Å². The second-order valence-electron chi connectivity index (χ2n) is 5.20. The Bertz CT molecular complexity index is 638. The number of hydrogen-bond acceptors (Lipinski definition) is 5. The molecule has 6 nitrogen and oxygen atoms in total. The van der Waals surface area contributed by atoms with Crippen molar-refractivity contribution in [2.45, 2.75) is 6.42 Å². The molecule has 1 aliphatic heterocycles. The lowest BCUT2D eigenvalue weighted by Crippen LogP contribution is -2.47. The average molecular weight is 286 g/mol. The molecular formula is C15H18N4O2. The van der Waals surface area contributed by atoms with Gasteiger partial charge in [-0.25, -0.2) is 9.97 Å². The van der Waals surface area contributed by atoms with E-state index in [0.29, 0.717) is 6.54 Å². The Labute approximate surface area is 123 Å². The summed E-state index contributed by atoms with van der Waals surface area (Å²) in [6, 6.07) is 7.95. The Kier molecular flexibility index (Phi) is 3.96. The van der Waals surface area contributed by atoms with Crippen molar-refractivity contribution in [1.82, 2.24) is 14.9 Å². The molecule has 0 saturated carbocycles. The molecule has 0 atom stereocenters. The van der Waals surface area contributed by atoms with E-state index in [1.54, 1.807) is 0 Å². The summed E-state index contributed by atoms with van der Waals surface area (Å²) in [5.74, 6) is 0.0156. The molecule has 0 amide bonds. The van der Waals surface area contributed by atoms with Gasteiger partial charge in [-0.05, 0) is 6.07 Å². The monoisotopic (exact) mass is 286 g/mol. The second-order valence-corrected chi connectivity index (χ2v) is 5.20. The van der Waals surface area contributed by atoms with E-state index in [1.165, 1.54) is 0 Å². The van der Waals surface area contributed by atoms with Crippen LogP contribution in [0.15, 0.2) is 30.5 Å². The van der Waals surface area contributed by atoms with Crippen LogP contribution in [0, 0.1) is 0 Å². The summed E-state index contributed by atoms with van der Waals surface area (Å²) in [5, 5.41) is 9.76. The minimum Gasteiger partial charge on any atom is -0.481 e. The van der Waals surface area contributed by atoms with Crippen LogP contribution >= 0.6 is 0 Å². The molecule has 1 aromatic carbocycles. The number of carbonyl (C=O) groups is 1. The average Bonchev–Trinajstić information content (AvgIpc) is 2.53. The molecule has 1 saturated heterocycles. The standard InChI is InChI=1S/C15H18N4O2/c20-14(21)5-6-18-7-9-19(10-8-18)15-16-11-12-3-1-2-4-13(12)17-15/h1-4,11H,5-10H2,(H,20,21). The molecule has 0 spiro atoms. The minimum absolute atomic E-state index is 0.201. The first-order valence-corrected chi connectivity index (χ1v) is 7.13. The van der Waals surface area contributed by atoms with Crippen molar-refractivity contribution < 1.29 is 9.90 Å². The number of piperazine rings is 1. The van der Waals surface area contributed by atoms with Crippen LogP contribution in [-0.4, -0.2) is 58.7 Å². The number of fused-ring (bicyclic) bond motifs is 1. The quantitative estimate of drug-likeness (QED) is 0.911. The molecule has 21 heavy (non-hydrogen) atoms. The molecule has 2 aromatic rings. The zero-order chi connectivity index (χ0) is 14.7. The number of aromatic nitrogens is 2. The molecule has 6 heteroatoms. The van der Waals surface area contributed by atoms with Crippen LogP contribution in [0.5, 0.6) is 0 Å². The van der Waals surface area contributed by atoms with Gasteiger partial charge in [0.05, 0.1) is 11.9 Å². The van der Waals surface area contributed by atoms with E-state index < -0.39 is 5.97 Å². The number of nitrogens with zero attached hydrogens (tertiary/aromatic N) is 4. The Morgan fingerprint density at radius 2 is 1.95 bits per heavy atom. The van der Waals surface area contributed by atoms with E-state index in [-0.39, 0.29) is 6.42 Å². The first-order chi connectivity index (χ1) is 10.2. The number of para-hydroxylation sites is 1. The number of hydrogen-bond donors (Lipinski definition) is 1. The molecule has 2 heterocycles. The Morgan fingerprint density at radius 1 is 1.19 bits per heavy atom. The number of benzene rings is 1. The van der Waals surface area contributed by atoms with Gasteiger partial charge in [0.25, 0.3) is 0 Å². The van der Waals surface area contributed by atoms with Crippen molar-refractivity contribution >= 4 is 22.8 Å². The highest BCUT2D eigenvalue weighted by atomic mass is 16.4. The molecule has 1 aromatic heterocycles. The first kappa shape index (κ1) is 13.8. The van der Waals surface area contributed by atoms with Gasteiger partial charge in [-0.2, -0.15) is 0 Å². The Balaban J connectivity index is 1.64. The van der Waals surface area contributed by atoms with Gasteiger partial charge < -0.3 is 10.0 Å². The number of carboxylic acids is 1. The summed E-state index contributed by atoms with van der Waals surface area (Å²) in [4.78, 5) is 24.0. The van der Waals surface area contributed by atoms with Gasteiger partial charge in [-0.15, -0.1) is 0 Å². The molecular weight excluding hydrogens is 268 g/mol. The topological polar surface area (TPSA) is 69.6 Å². The molecule has 110 valence electrons. The lowest BCUT2D eigenvalue weighted by atomic mass is 10.2. The van der Waals surface area contributed by atoms with Crippen molar-refractivity contribution in [3.63, 3.8) is 0 Å². The summed E-state index contributed by atoms with van der Waals surface area (Å²) < 4.78 is 0. The third kappa shape index (κ3) is 3.28. The molecule has 1 aliphatic rings. The highest BCUT2D eigenvalue weighted by molar-refractivity contribution is 5.78. The summed E-state index contributed by atoms with van der Waals surface area (Å²) in [6.07, 6.45) is 2.06. The van der Waals surface area contributed by atoms with Gasteiger partial charge in [0.2, 0.25) is 5.95 Å². The Morgan fingerprint density at radius 3 is 2.71 bits per heavy atom. The van der Waals surface area contributed by atoms with Gasteiger partial charge in [0, 0.05) is 44.3 Å². The number of carboxylic acid groups (broad SMARTS) is 1. The largest absolute Gasteiger partial charge is 0.481 e. The highest BCUT2D eigenvalue weighted by Crippen LogP contribution is 2.16. The van der Waals surface area contributed by atoms with Crippen LogP contribution in [0.4, 0.5) is 5.95 Å². The third-order valence-electron chi connectivity index (χ3n) is 3.77. The van der Waals surface area contributed by atoms with E-state index in [1.807, 2.05) is 30.5 Å². The molecule has 0 unspecified atom stereocenters. The summed E-state index contributed by atoms with van der Waals surface area (Å²) >= 11 is 0. The maximum atomic E-state index is 10.6. The van der Waals surface area contributed by atoms with Crippen LogP contribution in [0.3, 0.4) is 0 Å². The summed E-state index contributed by atoms with van der Waals surface area (Å²) in [5.41, 5.74) is 0.954. The molecule has 1 fully saturated rings. The highest BCUT2D eigenvalue weighted by Gasteiger charge is 2.19. The first-order valence-electron chi connectivity index (χ1n) is 7.13. The zero-order valence-electron chi connectivity index (χ0n) is 11.8. The Hall–Kier alpha value is -2.21. The van der Waals surface area contributed by atoms with Crippen LogP contribution in [0.25, 0.3) is 10.9 Å². The zero-order valence-corrected chi connectivity index (χ0v) is 11.8. The van der Waals surface area contributed by atoms with E-state index in [4.69, 9.17) is 5.11 Å². The fraction of sp³-hybridized carbons (Fsp3) is 0.400. The van der Waals surface area contributed by atoms with E-state index in [2.05, 4.69) is 19.8 Å². The van der Waals surface area contributed by atoms with Crippen LogP contribution < -0.4 is 4.90 Å². The molecule has 0 radical (unpaired) electrons. The second kappa shape index (κ2) is 6.05. The lowest BCUT2D eigenvalue weighted by molar-refractivity contribution is -0.137. The lowest BCUT2D eigenvalue weighted by Gasteiger charge is -2.34. The van der Waals surface area contributed by atoms with Crippen LogP contribution in [-0.2, 0) is 4.79 Å². The predicted octanol–water partition coefficient (Wildman–Crippen LogP) is 1.23. The van der Waals surface area contributed by atoms with E-state index in [9.17, 15) is 4.79 Å². The fourth-order valence-corrected chi connectivity index (χ4v) is 2.54. The van der Waals surface area contributed by atoms with Crippen molar-refractivity contribution in [1.29, 1.82) is 0 Å². The van der Waals surface area contributed by atoms with Gasteiger partial charge >= 0.3 is 5.97 Å². The van der Waals surface area contributed by atoms with Gasteiger partial charge in [0.1, 0.15) is 0 Å². The van der Waals surface area contributed by atoms with Crippen molar-refractivity contribution in [3.8, 4) is 0 Å². The molecule has 0 aliphatic carbocycles. The maximum absolute atomic E-state index is 10.6. The normalized spacial score (nSPS) is 16.3. The number of aliphatic carboxylic acids is 1. The van der Waals surface area contributed by atoms with E-state index in [0.717, 1.165) is 43.0 Å². The SMILES string of the molecule is O=C(O)CCN1CCN(c2ncc3ccccc3n2)CC1. The summed E-state index contributed by atoms with van der Waals surface area (Å²) in [6.45, 7) is 3.98.